The van der Waals surface area contributed by atoms with Gasteiger partial charge in [-0.05, 0) is 24.3 Å². The minimum absolute atomic E-state index is 0.0200. The molecule has 1 aliphatic rings. The van der Waals surface area contributed by atoms with Crippen molar-refractivity contribution in [3.63, 3.8) is 0 Å². The second-order valence-corrected chi connectivity index (χ2v) is 5.21. The number of carbonyl (C=O) groups excluding carboxylic acids is 1. The van der Waals surface area contributed by atoms with E-state index >= 15 is 0 Å². The third-order valence-electron chi connectivity index (χ3n) is 3.91. The van der Waals surface area contributed by atoms with Gasteiger partial charge in [-0.3, -0.25) is 4.79 Å². The van der Waals surface area contributed by atoms with Crippen molar-refractivity contribution in [2.75, 3.05) is 6.54 Å². The Bertz CT molecular complexity index is 402. The number of carbonyl (C=O) groups is 1. The van der Waals surface area contributed by atoms with Crippen LogP contribution in [0.25, 0.3) is 0 Å². The fraction of sp³-hybridized carbons (Fsp3) is 0.533. The van der Waals surface area contributed by atoms with Crippen LogP contribution < -0.4 is 11.1 Å². The zero-order valence-electron chi connectivity index (χ0n) is 11.1. The molecule has 104 valence electrons. The van der Waals surface area contributed by atoms with Crippen LogP contribution in [0, 0.1) is 5.92 Å². The first kappa shape index (κ1) is 14.0. The summed E-state index contributed by atoms with van der Waals surface area (Å²) in [6, 6.07) is 8.95. The fourth-order valence-corrected chi connectivity index (χ4v) is 2.78. The van der Waals surface area contributed by atoms with E-state index in [0.29, 0.717) is 18.0 Å². The van der Waals surface area contributed by atoms with Crippen LogP contribution in [0.1, 0.15) is 37.4 Å². The summed E-state index contributed by atoms with van der Waals surface area (Å²) in [6.07, 6.45) is 3.53. The van der Waals surface area contributed by atoms with Crippen molar-refractivity contribution in [3.05, 3.63) is 35.9 Å². The molecule has 2 unspecified atom stereocenters. The van der Waals surface area contributed by atoms with Crippen LogP contribution in [-0.2, 0) is 4.79 Å². The van der Waals surface area contributed by atoms with Crippen LogP contribution in [-0.4, -0.2) is 23.6 Å². The Kier molecular flexibility index (Phi) is 4.93. The standard InChI is InChI=1S/C15H22N2O2/c16-10-13(11-6-4-5-7-11)17-15(19)14(18)12-8-2-1-3-9-12/h1-3,8-9,11,13-14,18H,4-7,10,16H2,(H,17,19). The summed E-state index contributed by atoms with van der Waals surface area (Å²) in [4.78, 5) is 12.1. The molecule has 2 atom stereocenters. The predicted octanol–water partition coefficient (Wildman–Crippen LogP) is 1.35. The summed E-state index contributed by atoms with van der Waals surface area (Å²) in [5.74, 6) is 0.102. The molecule has 4 N–H and O–H groups in total. The van der Waals surface area contributed by atoms with Gasteiger partial charge in [-0.2, -0.15) is 0 Å². The summed E-state index contributed by atoms with van der Waals surface area (Å²) in [5, 5.41) is 12.9. The molecular formula is C15H22N2O2. The molecule has 1 aliphatic carbocycles. The van der Waals surface area contributed by atoms with E-state index in [9.17, 15) is 9.90 Å². The summed E-state index contributed by atoms with van der Waals surface area (Å²) < 4.78 is 0. The van der Waals surface area contributed by atoms with Crippen LogP contribution in [0.5, 0.6) is 0 Å². The zero-order valence-corrected chi connectivity index (χ0v) is 11.1. The van der Waals surface area contributed by atoms with E-state index in [4.69, 9.17) is 5.73 Å². The Morgan fingerprint density at radius 3 is 2.53 bits per heavy atom. The van der Waals surface area contributed by atoms with E-state index < -0.39 is 6.10 Å². The van der Waals surface area contributed by atoms with E-state index in [-0.39, 0.29) is 11.9 Å². The van der Waals surface area contributed by atoms with Crippen molar-refractivity contribution in [1.82, 2.24) is 5.32 Å². The highest BCUT2D eigenvalue weighted by Crippen LogP contribution is 2.27. The molecule has 19 heavy (non-hydrogen) atoms. The van der Waals surface area contributed by atoms with Gasteiger partial charge in [0.1, 0.15) is 0 Å². The molecule has 0 saturated heterocycles. The Labute approximate surface area is 114 Å². The molecular weight excluding hydrogens is 240 g/mol. The lowest BCUT2D eigenvalue weighted by molar-refractivity contribution is -0.130. The van der Waals surface area contributed by atoms with Crippen molar-refractivity contribution >= 4 is 5.91 Å². The number of aliphatic hydroxyl groups is 1. The number of hydrogen-bond donors (Lipinski definition) is 3. The quantitative estimate of drug-likeness (QED) is 0.750. The number of hydrogen-bond acceptors (Lipinski definition) is 3. The number of nitrogens with two attached hydrogens (primary N) is 1. The monoisotopic (exact) mass is 262 g/mol. The summed E-state index contributed by atoms with van der Waals surface area (Å²) in [7, 11) is 0. The Balaban J connectivity index is 1.95. The first-order chi connectivity index (χ1) is 9.22. The minimum atomic E-state index is -1.11. The van der Waals surface area contributed by atoms with Crippen LogP contribution in [0.3, 0.4) is 0 Å². The van der Waals surface area contributed by atoms with E-state index in [1.807, 2.05) is 18.2 Å². The molecule has 4 heteroatoms. The first-order valence-corrected chi connectivity index (χ1v) is 6.96. The zero-order chi connectivity index (χ0) is 13.7. The lowest BCUT2D eigenvalue weighted by Gasteiger charge is -2.24. The van der Waals surface area contributed by atoms with Crippen molar-refractivity contribution in [2.24, 2.45) is 11.7 Å². The van der Waals surface area contributed by atoms with Gasteiger partial charge in [-0.15, -0.1) is 0 Å². The summed E-state index contributed by atoms with van der Waals surface area (Å²) >= 11 is 0. The van der Waals surface area contributed by atoms with Crippen LogP contribution in [0.2, 0.25) is 0 Å². The van der Waals surface area contributed by atoms with Crippen LogP contribution in [0.4, 0.5) is 0 Å². The normalized spacial score (nSPS) is 19.1. The van der Waals surface area contributed by atoms with E-state index in [1.165, 1.54) is 12.8 Å². The number of benzene rings is 1. The fourth-order valence-electron chi connectivity index (χ4n) is 2.78. The molecule has 1 amide bonds. The van der Waals surface area contributed by atoms with Crippen molar-refractivity contribution < 1.29 is 9.90 Å². The van der Waals surface area contributed by atoms with Gasteiger partial charge in [-0.25, -0.2) is 0 Å². The molecule has 4 nitrogen and oxygen atoms in total. The van der Waals surface area contributed by atoms with Gasteiger partial charge in [0.25, 0.3) is 5.91 Å². The molecule has 1 aromatic carbocycles. The van der Waals surface area contributed by atoms with Crippen LogP contribution in [0.15, 0.2) is 30.3 Å². The molecule has 0 bridgehead atoms. The highest BCUT2D eigenvalue weighted by atomic mass is 16.3. The number of rotatable bonds is 5. The van der Waals surface area contributed by atoms with E-state index in [2.05, 4.69) is 5.32 Å². The van der Waals surface area contributed by atoms with Gasteiger partial charge in [0.15, 0.2) is 6.10 Å². The number of nitrogens with one attached hydrogen (secondary N) is 1. The van der Waals surface area contributed by atoms with Gasteiger partial charge in [0.05, 0.1) is 0 Å². The maximum atomic E-state index is 12.1. The smallest absolute Gasteiger partial charge is 0.253 e. The summed E-state index contributed by atoms with van der Waals surface area (Å²) in [6.45, 7) is 0.428. The predicted molar refractivity (Wildman–Crippen MR) is 74.3 cm³/mol. The SMILES string of the molecule is NCC(NC(=O)C(O)c1ccccc1)C1CCCC1. The molecule has 0 heterocycles. The Morgan fingerprint density at radius 1 is 1.32 bits per heavy atom. The number of amides is 1. The molecule has 1 saturated carbocycles. The van der Waals surface area contributed by atoms with Gasteiger partial charge in [0, 0.05) is 12.6 Å². The van der Waals surface area contributed by atoms with E-state index in [1.54, 1.807) is 12.1 Å². The maximum Gasteiger partial charge on any atom is 0.253 e. The van der Waals surface area contributed by atoms with Gasteiger partial charge < -0.3 is 16.2 Å². The largest absolute Gasteiger partial charge is 0.378 e. The van der Waals surface area contributed by atoms with Crippen molar-refractivity contribution in [1.29, 1.82) is 0 Å². The summed E-state index contributed by atoms with van der Waals surface area (Å²) in [5.41, 5.74) is 6.36. The maximum absolute atomic E-state index is 12.1. The van der Waals surface area contributed by atoms with Crippen LogP contribution >= 0.6 is 0 Å². The molecule has 0 radical (unpaired) electrons. The van der Waals surface area contributed by atoms with Crippen molar-refractivity contribution in [2.45, 2.75) is 37.8 Å². The first-order valence-electron chi connectivity index (χ1n) is 6.96. The molecule has 2 rings (SSSR count). The lowest BCUT2D eigenvalue weighted by Crippen LogP contribution is -2.46. The highest BCUT2D eigenvalue weighted by Gasteiger charge is 2.27. The third-order valence-corrected chi connectivity index (χ3v) is 3.91. The van der Waals surface area contributed by atoms with Gasteiger partial charge >= 0.3 is 0 Å². The molecule has 0 aliphatic heterocycles. The lowest BCUT2D eigenvalue weighted by atomic mass is 9.97. The molecule has 0 aromatic heterocycles. The Morgan fingerprint density at radius 2 is 1.95 bits per heavy atom. The van der Waals surface area contributed by atoms with Gasteiger partial charge in [-0.1, -0.05) is 43.2 Å². The molecule has 1 fully saturated rings. The number of aliphatic hydroxyl groups excluding tert-OH is 1. The second kappa shape index (κ2) is 6.68. The molecule has 0 spiro atoms. The minimum Gasteiger partial charge on any atom is -0.378 e. The van der Waals surface area contributed by atoms with Crippen molar-refractivity contribution in [3.8, 4) is 0 Å². The molecule has 1 aromatic rings. The van der Waals surface area contributed by atoms with E-state index in [0.717, 1.165) is 12.8 Å². The van der Waals surface area contributed by atoms with Gasteiger partial charge in [0.2, 0.25) is 0 Å². The highest BCUT2D eigenvalue weighted by molar-refractivity contribution is 5.82. The third kappa shape index (κ3) is 3.55. The Hall–Kier alpha value is -1.39. The topological polar surface area (TPSA) is 75.3 Å². The average molecular weight is 262 g/mol. The second-order valence-electron chi connectivity index (χ2n) is 5.21. The average Bonchev–Trinajstić information content (AvgIpc) is 2.98.